The summed E-state index contributed by atoms with van der Waals surface area (Å²) in [6.07, 6.45) is 3.29. The average Bonchev–Trinajstić information content (AvgIpc) is 2.97. The van der Waals surface area contributed by atoms with Crippen molar-refractivity contribution in [2.45, 2.75) is 38.6 Å². The quantitative estimate of drug-likeness (QED) is 0.884. The first-order valence-corrected chi connectivity index (χ1v) is 8.58. The fourth-order valence-corrected chi connectivity index (χ4v) is 3.48. The molecule has 0 aromatic heterocycles. The molecule has 1 aromatic rings. The van der Waals surface area contributed by atoms with Crippen LogP contribution in [0, 0.1) is 5.92 Å². The van der Waals surface area contributed by atoms with Crippen molar-refractivity contribution < 1.29 is 9.59 Å². The summed E-state index contributed by atoms with van der Waals surface area (Å²) in [5.41, 5.74) is 2.10. The van der Waals surface area contributed by atoms with Gasteiger partial charge in [0, 0.05) is 31.2 Å². The molecule has 2 atom stereocenters. The molecule has 2 aliphatic rings. The van der Waals surface area contributed by atoms with E-state index in [0.29, 0.717) is 13.0 Å². The standard InChI is InChI=1S/C18H25N3O2/c1-2-13-6-3-4-8-16(13)21-12-14(10-17(21)22)18(23)20-15-7-5-9-19-11-15/h3-4,6,8,14-15,19H,2,5,7,9-12H2,1H3,(H,20,23). The van der Waals surface area contributed by atoms with Gasteiger partial charge >= 0.3 is 0 Å². The Morgan fingerprint density at radius 3 is 2.96 bits per heavy atom. The molecule has 23 heavy (non-hydrogen) atoms. The maximum atomic E-state index is 12.5. The summed E-state index contributed by atoms with van der Waals surface area (Å²) in [5.74, 6) is -0.175. The van der Waals surface area contributed by atoms with Crippen LogP contribution in [-0.4, -0.2) is 37.5 Å². The normalized spacial score (nSPS) is 24.7. The molecule has 3 rings (SSSR count). The molecule has 2 aliphatic heterocycles. The summed E-state index contributed by atoms with van der Waals surface area (Å²) >= 11 is 0. The lowest BCUT2D eigenvalue weighted by molar-refractivity contribution is -0.127. The maximum Gasteiger partial charge on any atom is 0.227 e. The second-order valence-electron chi connectivity index (χ2n) is 6.44. The summed E-state index contributed by atoms with van der Waals surface area (Å²) in [6, 6.07) is 8.15. The highest BCUT2D eigenvalue weighted by Crippen LogP contribution is 2.28. The van der Waals surface area contributed by atoms with Crippen molar-refractivity contribution in [1.82, 2.24) is 10.6 Å². The number of anilines is 1. The number of rotatable bonds is 4. The van der Waals surface area contributed by atoms with Gasteiger partial charge in [0.2, 0.25) is 11.8 Å². The molecule has 5 nitrogen and oxygen atoms in total. The van der Waals surface area contributed by atoms with Crippen molar-refractivity contribution in [2.75, 3.05) is 24.5 Å². The van der Waals surface area contributed by atoms with Gasteiger partial charge in [0.25, 0.3) is 0 Å². The van der Waals surface area contributed by atoms with Crippen molar-refractivity contribution in [3.8, 4) is 0 Å². The Hall–Kier alpha value is -1.88. The highest BCUT2D eigenvalue weighted by molar-refractivity contribution is 6.00. The van der Waals surface area contributed by atoms with E-state index in [4.69, 9.17) is 0 Å². The molecule has 124 valence electrons. The van der Waals surface area contributed by atoms with E-state index in [1.165, 1.54) is 0 Å². The molecular weight excluding hydrogens is 290 g/mol. The first-order valence-electron chi connectivity index (χ1n) is 8.58. The number of carbonyl (C=O) groups is 2. The van der Waals surface area contributed by atoms with Gasteiger partial charge in [-0.15, -0.1) is 0 Å². The molecule has 2 unspecified atom stereocenters. The lowest BCUT2D eigenvalue weighted by Gasteiger charge is -2.25. The molecule has 0 radical (unpaired) electrons. The predicted molar refractivity (Wildman–Crippen MR) is 90.3 cm³/mol. The number of amides is 2. The molecule has 2 amide bonds. The first kappa shape index (κ1) is 16.0. The predicted octanol–water partition coefficient (Wildman–Crippen LogP) is 1.47. The van der Waals surface area contributed by atoms with E-state index in [1.807, 2.05) is 24.3 Å². The van der Waals surface area contributed by atoms with E-state index in [9.17, 15) is 9.59 Å². The van der Waals surface area contributed by atoms with Crippen LogP contribution in [0.5, 0.6) is 0 Å². The lowest BCUT2D eigenvalue weighted by Crippen LogP contribution is -2.47. The fourth-order valence-electron chi connectivity index (χ4n) is 3.48. The summed E-state index contributed by atoms with van der Waals surface area (Å²) < 4.78 is 0. The van der Waals surface area contributed by atoms with Crippen LogP contribution in [-0.2, 0) is 16.0 Å². The molecule has 2 fully saturated rings. The van der Waals surface area contributed by atoms with E-state index >= 15 is 0 Å². The third kappa shape index (κ3) is 3.55. The number of piperidine rings is 1. The zero-order valence-electron chi connectivity index (χ0n) is 13.7. The van der Waals surface area contributed by atoms with E-state index in [0.717, 1.165) is 43.6 Å². The largest absolute Gasteiger partial charge is 0.352 e. The molecule has 2 heterocycles. The van der Waals surface area contributed by atoms with E-state index < -0.39 is 0 Å². The molecule has 0 bridgehead atoms. The van der Waals surface area contributed by atoms with Crippen LogP contribution in [0.15, 0.2) is 24.3 Å². The number of benzene rings is 1. The van der Waals surface area contributed by atoms with Crippen LogP contribution in [0.2, 0.25) is 0 Å². The molecule has 2 N–H and O–H groups in total. The van der Waals surface area contributed by atoms with Crippen molar-refractivity contribution in [3.63, 3.8) is 0 Å². The summed E-state index contributed by atoms with van der Waals surface area (Å²) in [5, 5.41) is 6.40. The number of carbonyl (C=O) groups excluding carboxylic acids is 2. The fraction of sp³-hybridized carbons (Fsp3) is 0.556. The van der Waals surface area contributed by atoms with Gasteiger partial charge in [-0.2, -0.15) is 0 Å². The zero-order chi connectivity index (χ0) is 16.2. The molecule has 5 heteroatoms. The molecule has 0 saturated carbocycles. The monoisotopic (exact) mass is 315 g/mol. The van der Waals surface area contributed by atoms with Crippen molar-refractivity contribution >= 4 is 17.5 Å². The molecule has 1 aromatic carbocycles. The Morgan fingerprint density at radius 2 is 2.22 bits per heavy atom. The molecular formula is C18H25N3O2. The smallest absolute Gasteiger partial charge is 0.227 e. The second kappa shape index (κ2) is 7.13. The van der Waals surface area contributed by atoms with Gasteiger partial charge in [0.15, 0.2) is 0 Å². The number of nitrogens with one attached hydrogen (secondary N) is 2. The summed E-state index contributed by atoms with van der Waals surface area (Å²) in [7, 11) is 0. The summed E-state index contributed by atoms with van der Waals surface area (Å²) in [6.45, 7) is 4.42. The first-order chi connectivity index (χ1) is 11.2. The number of hydrogen-bond donors (Lipinski definition) is 2. The van der Waals surface area contributed by atoms with Crippen LogP contribution in [0.4, 0.5) is 5.69 Å². The Morgan fingerprint density at radius 1 is 1.39 bits per heavy atom. The SMILES string of the molecule is CCc1ccccc1N1CC(C(=O)NC2CCCNC2)CC1=O. The molecule has 2 saturated heterocycles. The van der Waals surface area contributed by atoms with Gasteiger partial charge in [-0.3, -0.25) is 9.59 Å². The Balaban J connectivity index is 1.66. The molecule has 0 aliphatic carbocycles. The van der Waals surface area contributed by atoms with Crippen LogP contribution in [0.25, 0.3) is 0 Å². The van der Waals surface area contributed by atoms with E-state index in [-0.39, 0.29) is 23.8 Å². The van der Waals surface area contributed by atoms with Crippen LogP contribution >= 0.6 is 0 Å². The topological polar surface area (TPSA) is 61.4 Å². The number of hydrogen-bond acceptors (Lipinski definition) is 3. The summed E-state index contributed by atoms with van der Waals surface area (Å²) in [4.78, 5) is 26.6. The Labute approximate surface area is 137 Å². The molecule has 0 spiro atoms. The van der Waals surface area contributed by atoms with Crippen LogP contribution < -0.4 is 15.5 Å². The minimum atomic E-state index is -0.241. The van der Waals surface area contributed by atoms with Gasteiger partial charge in [0.1, 0.15) is 0 Å². The zero-order valence-corrected chi connectivity index (χ0v) is 13.7. The van der Waals surface area contributed by atoms with E-state index in [1.54, 1.807) is 4.90 Å². The number of aryl methyl sites for hydroxylation is 1. The minimum Gasteiger partial charge on any atom is -0.352 e. The second-order valence-corrected chi connectivity index (χ2v) is 6.44. The van der Waals surface area contributed by atoms with Gasteiger partial charge in [-0.1, -0.05) is 25.1 Å². The Bertz CT molecular complexity index is 581. The third-order valence-electron chi connectivity index (χ3n) is 4.80. The van der Waals surface area contributed by atoms with Crippen molar-refractivity contribution in [3.05, 3.63) is 29.8 Å². The number of para-hydroxylation sites is 1. The van der Waals surface area contributed by atoms with Gasteiger partial charge < -0.3 is 15.5 Å². The Kier molecular flexibility index (Phi) is 4.96. The lowest BCUT2D eigenvalue weighted by atomic mass is 10.0. The van der Waals surface area contributed by atoms with Gasteiger partial charge in [-0.25, -0.2) is 0 Å². The van der Waals surface area contributed by atoms with Gasteiger partial charge in [0.05, 0.1) is 5.92 Å². The van der Waals surface area contributed by atoms with E-state index in [2.05, 4.69) is 17.6 Å². The average molecular weight is 315 g/mol. The number of nitrogens with zero attached hydrogens (tertiary/aromatic N) is 1. The highest BCUT2D eigenvalue weighted by atomic mass is 16.2. The van der Waals surface area contributed by atoms with Gasteiger partial charge in [-0.05, 0) is 37.4 Å². The third-order valence-corrected chi connectivity index (χ3v) is 4.80. The van der Waals surface area contributed by atoms with Crippen LogP contribution in [0.3, 0.4) is 0 Å². The van der Waals surface area contributed by atoms with Crippen LogP contribution in [0.1, 0.15) is 31.7 Å². The van der Waals surface area contributed by atoms with Crippen molar-refractivity contribution in [1.29, 1.82) is 0 Å². The van der Waals surface area contributed by atoms with Crippen molar-refractivity contribution in [2.24, 2.45) is 5.92 Å². The minimum absolute atomic E-state index is 0.0172. The maximum absolute atomic E-state index is 12.5. The highest BCUT2D eigenvalue weighted by Gasteiger charge is 2.36.